The molecule has 2 rings (SSSR count). The Morgan fingerprint density at radius 2 is 1.88 bits per heavy atom. The van der Waals surface area contributed by atoms with Crippen LogP contribution in [-0.2, 0) is 16.0 Å². The van der Waals surface area contributed by atoms with Gasteiger partial charge in [0, 0.05) is 36.7 Å². The van der Waals surface area contributed by atoms with E-state index in [9.17, 15) is 9.59 Å². The van der Waals surface area contributed by atoms with E-state index in [1.807, 2.05) is 12.1 Å². The minimum Gasteiger partial charge on any atom is -0.345 e. The summed E-state index contributed by atoms with van der Waals surface area (Å²) in [4.78, 5) is 30.8. The first kappa shape index (κ1) is 18.9. The number of likely N-dealkylation sites (N-methyl/N-ethyl adjacent to an activating group) is 1. The van der Waals surface area contributed by atoms with E-state index in [2.05, 4.69) is 10.3 Å². The van der Waals surface area contributed by atoms with Crippen molar-refractivity contribution in [2.75, 3.05) is 18.9 Å². The maximum atomic E-state index is 12.7. The molecule has 5 nitrogen and oxygen atoms in total. The Morgan fingerprint density at radius 1 is 1.20 bits per heavy atom. The summed E-state index contributed by atoms with van der Waals surface area (Å²) in [5, 5.41) is 3.28. The number of aromatic nitrogens is 1. The quantitative estimate of drug-likeness (QED) is 0.804. The van der Waals surface area contributed by atoms with Gasteiger partial charge in [-0.2, -0.15) is 0 Å². The Kier molecular flexibility index (Phi) is 6.15. The monoisotopic (exact) mass is 359 g/mol. The first-order chi connectivity index (χ1) is 11.8. The van der Waals surface area contributed by atoms with Crippen LogP contribution in [-0.4, -0.2) is 35.3 Å². The van der Waals surface area contributed by atoms with Crippen molar-refractivity contribution in [3.05, 3.63) is 59.4 Å². The summed E-state index contributed by atoms with van der Waals surface area (Å²) in [5.41, 5.74) is 0.476. The average molecular weight is 360 g/mol. The molecule has 1 aromatic carbocycles. The fourth-order valence-corrected chi connectivity index (χ4v) is 2.57. The number of rotatable bonds is 6. The van der Waals surface area contributed by atoms with Gasteiger partial charge in [0.05, 0.1) is 0 Å². The molecule has 0 fully saturated rings. The Morgan fingerprint density at radius 3 is 2.52 bits per heavy atom. The third kappa shape index (κ3) is 5.03. The number of carbonyl (C=O) groups is 2. The minimum absolute atomic E-state index is 0.235. The van der Waals surface area contributed by atoms with Crippen molar-refractivity contribution < 1.29 is 9.59 Å². The van der Waals surface area contributed by atoms with Crippen LogP contribution in [0.1, 0.15) is 19.4 Å². The number of hydrogen-bond donors (Lipinski definition) is 1. The molecule has 2 amide bonds. The molecule has 0 saturated carbocycles. The van der Waals surface area contributed by atoms with Crippen LogP contribution >= 0.6 is 11.6 Å². The van der Waals surface area contributed by atoms with Gasteiger partial charge in [-0.3, -0.25) is 14.6 Å². The number of amides is 2. The van der Waals surface area contributed by atoms with E-state index < -0.39 is 5.41 Å². The summed E-state index contributed by atoms with van der Waals surface area (Å²) in [6.07, 6.45) is 4.15. The summed E-state index contributed by atoms with van der Waals surface area (Å²) in [7, 11) is 1.71. The molecule has 0 aliphatic carbocycles. The molecular formula is C19H22ClN3O2. The summed E-state index contributed by atoms with van der Waals surface area (Å²) in [6.45, 7) is 3.77. The summed E-state index contributed by atoms with van der Waals surface area (Å²) in [6, 6.07) is 10.7. The molecule has 0 unspecified atom stereocenters. The number of pyridine rings is 1. The SMILES string of the molecule is CN(CCc1ccncc1)C(=O)C(C)(C)C(=O)Nc1cccc(Cl)c1. The van der Waals surface area contributed by atoms with Gasteiger partial charge in [0.25, 0.3) is 0 Å². The van der Waals surface area contributed by atoms with Crippen LogP contribution in [0.2, 0.25) is 5.02 Å². The molecular weight excluding hydrogens is 338 g/mol. The first-order valence-corrected chi connectivity index (χ1v) is 8.40. The van der Waals surface area contributed by atoms with Crippen molar-refractivity contribution in [3.63, 3.8) is 0 Å². The molecule has 0 atom stereocenters. The lowest BCUT2D eigenvalue weighted by Crippen LogP contribution is -2.46. The molecule has 0 saturated heterocycles. The Balaban J connectivity index is 1.98. The average Bonchev–Trinajstić information content (AvgIpc) is 2.59. The van der Waals surface area contributed by atoms with E-state index in [4.69, 9.17) is 11.6 Å². The zero-order valence-corrected chi connectivity index (χ0v) is 15.4. The lowest BCUT2D eigenvalue weighted by molar-refractivity contribution is -0.145. The Labute approximate surface area is 153 Å². The first-order valence-electron chi connectivity index (χ1n) is 8.02. The fraction of sp³-hybridized carbons (Fsp3) is 0.316. The van der Waals surface area contributed by atoms with E-state index in [0.717, 1.165) is 5.56 Å². The number of nitrogens with zero attached hydrogens (tertiary/aromatic N) is 2. The van der Waals surface area contributed by atoms with Crippen LogP contribution in [0.15, 0.2) is 48.8 Å². The second-order valence-corrected chi connectivity index (χ2v) is 6.86. The Bertz CT molecular complexity index is 747. The summed E-state index contributed by atoms with van der Waals surface area (Å²) < 4.78 is 0. The number of benzene rings is 1. The van der Waals surface area contributed by atoms with Crippen molar-refractivity contribution in [1.29, 1.82) is 0 Å². The molecule has 0 aliphatic rings. The highest BCUT2D eigenvalue weighted by Gasteiger charge is 2.38. The number of carbonyl (C=O) groups excluding carboxylic acids is 2. The normalized spacial score (nSPS) is 11.0. The molecule has 2 aromatic rings. The van der Waals surface area contributed by atoms with Gasteiger partial charge in [-0.25, -0.2) is 0 Å². The van der Waals surface area contributed by atoms with E-state index >= 15 is 0 Å². The molecule has 0 aliphatic heterocycles. The number of anilines is 1. The van der Waals surface area contributed by atoms with Gasteiger partial charge in [-0.1, -0.05) is 17.7 Å². The zero-order valence-electron chi connectivity index (χ0n) is 14.6. The molecule has 1 aromatic heterocycles. The van der Waals surface area contributed by atoms with Crippen molar-refractivity contribution in [2.24, 2.45) is 5.41 Å². The minimum atomic E-state index is -1.19. The van der Waals surface area contributed by atoms with E-state index in [1.165, 1.54) is 0 Å². The van der Waals surface area contributed by atoms with Gasteiger partial charge in [-0.05, 0) is 56.2 Å². The van der Waals surface area contributed by atoms with E-state index in [1.54, 1.807) is 62.5 Å². The molecule has 0 bridgehead atoms. The van der Waals surface area contributed by atoms with Crippen molar-refractivity contribution in [1.82, 2.24) is 9.88 Å². The van der Waals surface area contributed by atoms with Gasteiger partial charge < -0.3 is 10.2 Å². The van der Waals surface area contributed by atoms with E-state index in [-0.39, 0.29) is 11.8 Å². The molecule has 6 heteroatoms. The van der Waals surface area contributed by atoms with E-state index in [0.29, 0.717) is 23.7 Å². The smallest absolute Gasteiger partial charge is 0.239 e. The van der Waals surface area contributed by atoms with Crippen LogP contribution in [0.4, 0.5) is 5.69 Å². The highest BCUT2D eigenvalue weighted by Crippen LogP contribution is 2.23. The van der Waals surface area contributed by atoms with Gasteiger partial charge in [0.15, 0.2) is 0 Å². The second-order valence-electron chi connectivity index (χ2n) is 6.42. The molecule has 0 radical (unpaired) electrons. The van der Waals surface area contributed by atoms with Gasteiger partial charge >= 0.3 is 0 Å². The van der Waals surface area contributed by atoms with Crippen LogP contribution < -0.4 is 5.32 Å². The van der Waals surface area contributed by atoms with Gasteiger partial charge in [0.2, 0.25) is 11.8 Å². The summed E-state index contributed by atoms with van der Waals surface area (Å²) in [5.74, 6) is -0.600. The molecule has 1 N–H and O–H groups in total. The van der Waals surface area contributed by atoms with Gasteiger partial charge in [-0.15, -0.1) is 0 Å². The molecule has 132 valence electrons. The maximum absolute atomic E-state index is 12.7. The molecule has 0 spiro atoms. The van der Waals surface area contributed by atoms with Crippen LogP contribution in [0.3, 0.4) is 0 Å². The second kappa shape index (κ2) is 8.12. The van der Waals surface area contributed by atoms with Crippen LogP contribution in [0, 0.1) is 5.41 Å². The van der Waals surface area contributed by atoms with Crippen LogP contribution in [0.5, 0.6) is 0 Å². The number of nitrogens with one attached hydrogen (secondary N) is 1. The predicted molar refractivity (Wildman–Crippen MR) is 99.4 cm³/mol. The van der Waals surface area contributed by atoms with Crippen molar-refractivity contribution >= 4 is 29.1 Å². The third-order valence-corrected chi connectivity index (χ3v) is 4.25. The number of hydrogen-bond acceptors (Lipinski definition) is 3. The van der Waals surface area contributed by atoms with Crippen molar-refractivity contribution in [2.45, 2.75) is 20.3 Å². The molecule has 1 heterocycles. The maximum Gasteiger partial charge on any atom is 0.239 e. The van der Waals surface area contributed by atoms with Crippen LogP contribution in [0.25, 0.3) is 0 Å². The summed E-state index contributed by atoms with van der Waals surface area (Å²) >= 11 is 5.92. The zero-order chi connectivity index (χ0) is 18.4. The highest BCUT2D eigenvalue weighted by molar-refractivity contribution is 6.31. The fourth-order valence-electron chi connectivity index (χ4n) is 2.38. The van der Waals surface area contributed by atoms with Crippen molar-refractivity contribution in [3.8, 4) is 0 Å². The Hall–Kier alpha value is -2.40. The largest absolute Gasteiger partial charge is 0.345 e. The third-order valence-electron chi connectivity index (χ3n) is 4.02. The highest BCUT2D eigenvalue weighted by atomic mass is 35.5. The lowest BCUT2D eigenvalue weighted by Gasteiger charge is -2.28. The number of halogens is 1. The molecule has 25 heavy (non-hydrogen) atoms. The van der Waals surface area contributed by atoms with Gasteiger partial charge in [0.1, 0.15) is 5.41 Å². The predicted octanol–water partition coefficient (Wildman–Crippen LogP) is 3.40. The topological polar surface area (TPSA) is 62.3 Å². The lowest BCUT2D eigenvalue weighted by atomic mass is 9.90. The standard InChI is InChI=1S/C19H22ClN3O2/c1-19(2,17(24)22-16-6-4-5-15(20)13-16)18(25)23(3)12-9-14-7-10-21-11-8-14/h4-8,10-11,13H,9,12H2,1-3H3,(H,22,24).